The zero-order valence-electron chi connectivity index (χ0n) is 25.7. The van der Waals surface area contributed by atoms with Crippen LogP contribution in [0.2, 0.25) is 0 Å². The number of hydrogen-bond acceptors (Lipinski definition) is 9. The van der Waals surface area contributed by atoms with E-state index in [0.29, 0.717) is 41.2 Å². The number of piperazine rings is 1. The molecule has 0 atom stereocenters. The minimum atomic E-state index is -0.266. The molecule has 3 aromatic carbocycles. The Hall–Kier alpha value is -5.03. The standard InChI is InChI=1S/C33H37N7O4/c1-21-7-6-8-22(2)30(21)39-20-23-19-34-32(35-24-9-11-26(28(41)17-24)38-15-13-37(3)14-16-38)36-31(23)40(33(39)42)27-12-10-25(43-4)18-29(27)44-5/h6-12,17-19,41H,13-16,20H2,1-5H3,(H,34,35,36). The number of likely N-dealkylation sites (N-methyl/N-ethyl adjacent to an activating group) is 1. The second-order valence-corrected chi connectivity index (χ2v) is 11.1. The van der Waals surface area contributed by atoms with E-state index in [1.807, 2.05) is 44.2 Å². The Bertz CT molecular complexity index is 1680. The highest BCUT2D eigenvalue weighted by molar-refractivity contribution is 6.11. The van der Waals surface area contributed by atoms with Crippen molar-refractivity contribution in [1.29, 1.82) is 0 Å². The Labute approximate surface area is 257 Å². The topological polar surface area (TPSA) is 107 Å². The van der Waals surface area contributed by atoms with Crippen LogP contribution in [0.3, 0.4) is 0 Å². The van der Waals surface area contributed by atoms with Gasteiger partial charge < -0.3 is 29.7 Å². The molecule has 0 bridgehead atoms. The highest BCUT2D eigenvalue weighted by atomic mass is 16.5. The predicted molar refractivity (Wildman–Crippen MR) is 172 cm³/mol. The van der Waals surface area contributed by atoms with Gasteiger partial charge in [0.05, 0.1) is 37.8 Å². The van der Waals surface area contributed by atoms with Crippen LogP contribution in [0, 0.1) is 13.8 Å². The first-order valence-electron chi connectivity index (χ1n) is 14.6. The smallest absolute Gasteiger partial charge is 0.335 e. The van der Waals surface area contributed by atoms with Crippen molar-refractivity contribution in [1.82, 2.24) is 14.9 Å². The summed E-state index contributed by atoms with van der Waals surface area (Å²) in [6.07, 6.45) is 1.74. The van der Waals surface area contributed by atoms with Gasteiger partial charge in [-0.3, -0.25) is 4.90 Å². The Balaban J connectivity index is 1.38. The normalized spacial score (nSPS) is 15.3. The monoisotopic (exact) mass is 595 g/mol. The maximum Gasteiger partial charge on any atom is 0.335 e. The molecule has 2 amide bonds. The molecule has 0 saturated carbocycles. The Kier molecular flexibility index (Phi) is 7.88. The number of aromatic nitrogens is 2. The second kappa shape index (κ2) is 11.9. The van der Waals surface area contributed by atoms with Crippen molar-refractivity contribution < 1.29 is 19.4 Å². The molecule has 4 aromatic rings. The fourth-order valence-electron chi connectivity index (χ4n) is 5.85. The summed E-state index contributed by atoms with van der Waals surface area (Å²) in [5, 5.41) is 14.1. The van der Waals surface area contributed by atoms with Gasteiger partial charge in [-0.05, 0) is 56.3 Å². The number of carbonyl (C=O) groups excluding carboxylic acids is 1. The van der Waals surface area contributed by atoms with Crippen LogP contribution in [0.4, 0.5) is 39.3 Å². The van der Waals surface area contributed by atoms with Crippen molar-refractivity contribution in [2.75, 3.05) is 67.5 Å². The van der Waals surface area contributed by atoms with Gasteiger partial charge in [-0.25, -0.2) is 14.7 Å². The Morgan fingerprint density at radius 2 is 1.64 bits per heavy atom. The van der Waals surface area contributed by atoms with Gasteiger partial charge in [0, 0.05) is 55.8 Å². The lowest BCUT2D eigenvalue weighted by Crippen LogP contribution is -2.46. The second-order valence-electron chi connectivity index (χ2n) is 11.1. The minimum absolute atomic E-state index is 0.182. The predicted octanol–water partition coefficient (Wildman–Crippen LogP) is 5.59. The van der Waals surface area contributed by atoms with E-state index in [0.717, 1.165) is 54.2 Å². The Morgan fingerprint density at radius 1 is 0.909 bits per heavy atom. The number of para-hydroxylation sites is 1. The average Bonchev–Trinajstić information content (AvgIpc) is 3.02. The highest BCUT2D eigenvalue weighted by Crippen LogP contribution is 2.43. The number of methoxy groups -OCH3 is 2. The molecule has 6 rings (SSSR count). The van der Waals surface area contributed by atoms with Gasteiger partial charge in [0.2, 0.25) is 5.95 Å². The molecule has 1 saturated heterocycles. The molecule has 0 unspecified atom stereocenters. The SMILES string of the molecule is COc1ccc(N2C(=O)N(c3c(C)cccc3C)Cc3cnc(Nc4ccc(N5CCN(C)CC5)c(O)c4)nc32)c(OC)c1. The quantitative estimate of drug-likeness (QED) is 0.283. The lowest BCUT2D eigenvalue weighted by molar-refractivity contribution is 0.252. The van der Waals surface area contributed by atoms with E-state index in [1.54, 1.807) is 54.5 Å². The summed E-state index contributed by atoms with van der Waals surface area (Å²) >= 11 is 0. The van der Waals surface area contributed by atoms with Crippen LogP contribution >= 0.6 is 0 Å². The summed E-state index contributed by atoms with van der Waals surface area (Å²) in [6, 6.07) is 16.5. The summed E-state index contributed by atoms with van der Waals surface area (Å²) < 4.78 is 11.1. The van der Waals surface area contributed by atoms with Crippen molar-refractivity contribution in [3.05, 3.63) is 77.5 Å². The first kappa shape index (κ1) is 29.1. The van der Waals surface area contributed by atoms with Crippen LogP contribution in [0.25, 0.3) is 0 Å². The number of benzene rings is 3. The van der Waals surface area contributed by atoms with Crippen molar-refractivity contribution in [3.63, 3.8) is 0 Å². The number of nitrogens with one attached hydrogen (secondary N) is 1. The molecule has 2 N–H and O–H groups in total. The summed E-state index contributed by atoms with van der Waals surface area (Å²) in [6.45, 7) is 7.88. The molecule has 2 aliphatic rings. The third-order valence-corrected chi connectivity index (χ3v) is 8.22. The fourth-order valence-corrected chi connectivity index (χ4v) is 5.85. The summed E-state index contributed by atoms with van der Waals surface area (Å²) in [7, 11) is 5.24. The maximum absolute atomic E-state index is 14.4. The zero-order chi connectivity index (χ0) is 31.0. The van der Waals surface area contributed by atoms with E-state index < -0.39 is 0 Å². The van der Waals surface area contributed by atoms with Gasteiger partial charge in [0.15, 0.2) is 5.82 Å². The number of fused-ring (bicyclic) bond motifs is 1. The van der Waals surface area contributed by atoms with Gasteiger partial charge in [0.25, 0.3) is 0 Å². The summed E-state index contributed by atoms with van der Waals surface area (Å²) in [5.74, 6) is 1.98. The summed E-state index contributed by atoms with van der Waals surface area (Å²) in [5.41, 5.74) is 5.54. The van der Waals surface area contributed by atoms with E-state index in [9.17, 15) is 9.90 Å². The van der Waals surface area contributed by atoms with Crippen molar-refractivity contribution in [2.24, 2.45) is 0 Å². The van der Waals surface area contributed by atoms with E-state index in [1.165, 1.54) is 0 Å². The number of aromatic hydroxyl groups is 1. The lowest BCUT2D eigenvalue weighted by atomic mass is 10.1. The number of phenolic OH excluding ortho intramolecular Hbond substituents is 1. The van der Waals surface area contributed by atoms with E-state index in [4.69, 9.17) is 14.5 Å². The van der Waals surface area contributed by atoms with Crippen LogP contribution in [0.15, 0.2) is 60.8 Å². The molecule has 3 heterocycles. The molecule has 11 nitrogen and oxygen atoms in total. The fraction of sp³-hybridized carbons (Fsp3) is 0.303. The molecule has 2 aliphatic heterocycles. The summed E-state index contributed by atoms with van der Waals surface area (Å²) in [4.78, 5) is 31.6. The molecule has 11 heteroatoms. The molecule has 1 aromatic heterocycles. The lowest BCUT2D eigenvalue weighted by Gasteiger charge is -2.37. The van der Waals surface area contributed by atoms with Crippen molar-refractivity contribution in [2.45, 2.75) is 20.4 Å². The number of amides is 2. The van der Waals surface area contributed by atoms with Gasteiger partial charge in [0.1, 0.15) is 17.2 Å². The number of nitrogens with zero attached hydrogens (tertiary/aromatic N) is 6. The van der Waals surface area contributed by atoms with Crippen LogP contribution in [-0.2, 0) is 6.54 Å². The third kappa shape index (κ3) is 5.42. The average molecular weight is 596 g/mol. The number of urea groups is 1. The van der Waals surface area contributed by atoms with E-state index in [-0.39, 0.29) is 11.8 Å². The molecule has 0 radical (unpaired) electrons. The largest absolute Gasteiger partial charge is 0.506 e. The number of ether oxygens (including phenoxy) is 2. The highest BCUT2D eigenvalue weighted by Gasteiger charge is 2.37. The Morgan fingerprint density at radius 3 is 2.32 bits per heavy atom. The van der Waals surface area contributed by atoms with E-state index in [2.05, 4.69) is 27.1 Å². The molecular weight excluding hydrogens is 558 g/mol. The molecule has 228 valence electrons. The van der Waals surface area contributed by atoms with E-state index >= 15 is 0 Å². The first-order chi connectivity index (χ1) is 21.3. The number of phenols is 1. The molecule has 0 spiro atoms. The van der Waals surface area contributed by atoms with Crippen LogP contribution < -0.4 is 29.5 Å². The van der Waals surface area contributed by atoms with Gasteiger partial charge in [-0.2, -0.15) is 4.98 Å². The molecule has 0 aliphatic carbocycles. The minimum Gasteiger partial charge on any atom is -0.506 e. The van der Waals surface area contributed by atoms with Crippen LogP contribution in [0.5, 0.6) is 17.2 Å². The number of hydrogen-bond donors (Lipinski definition) is 2. The number of rotatable bonds is 7. The van der Waals surface area contributed by atoms with Gasteiger partial charge >= 0.3 is 6.03 Å². The number of anilines is 6. The van der Waals surface area contributed by atoms with Crippen LogP contribution in [0.1, 0.15) is 16.7 Å². The number of aryl methyl sites for hydroxylation is 2. The zero-order valence-corrected chi connectivity index (χ0v) is 25.7. The maximum atomic E-state index is 14.4. The van der Waals surface area contributed by atoms with Crippen molar-refractivity contribution >= 4 is 40.5 Å². The van der Waals surface area contributed by atoms with Crippen LogP contribution in [-0.4, -0.2) is 73.5 Å². The first-order valence-corrected chi connectivity index (χ1v) is 14.6. The number of carbonyl (C=O) groups is 1. The molecule has 1 fully saturated rings. The molecule has 44 heavy (non-hydrogen) atoms. The molecular formula is C33H37N7O4. The van der Waals surface area contributed by atoms with Gasteiger partial charge in [-0.15, -0.1) is 0 Å². The third-order valence-electron chi connectivity index (χ3n) is 8.22. The van der Waals surface area contributed by atoms with Crippen molar-refractivity contribution in [3.8, 4) is 17.2 Å². The van der Waals surface area contributed by atoms with Gasteiger partial charge in [-0.1, -0.05) is 18.2 Å².